The number of nitrogens with two attached hydrogens (primary N) is 1. The fourth-order valence-corrected chi connectivity index (χ4v) is 2.43. The van der Waals surface area contributed by atoms with Crippen molar-refractivity contribution in [2.45, 2.75) is 19.3 Å². The van der Waals surface area contributed by atoms with Crippen LogP contribution in [0.15, 0.2) is 12.5 Å². The maximum Gasteiger partial charge on any atom is 0.150 e. The van der Waals surface area contributed by atoms with Crippen molar-refractivity contribution in [1.82, 2.24) is 9.97 Å². The summed E-state index contributed by atoms with van der Waals surface area (Å²) in [4.78, 5) is 10.4. The second-order valence-corrected chi connectivity index (χ2v) is 4.61. The normalized spacial score (nSPS) is 17.8. The Kier molecular flexibility index (Phi) is 3.96. The Labute approximate surface area is 101 Å². The molecule has 0 atom stereocenters. The van der Waals surface area contributed by atoms with Gasteiger partial charge >= 0.3 is 0 Å². The molecule has 88 valence electrons. The molecule has 0 unspecified atom stereocenters. The van der Waals surface area contributed by atoms with E-state index < -0.39 is 0 Å². The van der Waals surface area contributed by atoms with Gasteiger partial charge in [0, 0.05) is 13.1 Å². The van der Waals surface area contributed by atoms with E-state index in [-0.39, 0.29) is 0 Å². The monoisotopic (exact) mass is 240 g/mol. The molecule has 0 bridgehead atoms. The largest absolute Gasteiger partial charge is 0.355 e. The van der Waals surface area contributed by atoms with Crippen molar-refractivity contribution in [3.05, 3.63) is 17.5 Å². The number of hydrogen-bond donors (Lipinski definition) is 1. The molecule has 1 aliphatic rings. The lowest BCUT2D eigenvalue weighted by atomic mass is 9.94. The third-order valence-corrected chi connectivity index (χ3v) is 3.40. The molecule has 0 radical (unpaired) electrons. The van der Waals surface area contributed by atoms with Crippen LogP contribution < -0.4 is 10.6 Å². The number of piperidine rings is 1. The Morgan fingerprint density at radius 2 is 2.19 bits per heavy atom. The highest BCUT2D eigenvalue weighted by Crippen LogP contribution is 2.27. The first-order chi connectivity index (χ1) is 7.81. The first kappa shape index (κ1) is 11.6. The van der Waals surface area contributed by atoms with Crippen LogP contribution in [-0.2, 0) is 0 Å². The van der Waals surface area contributed by atoms with E-state index in [9.17, 15) is 0 Å². The minimum atomic E-state index is 0.639. The van der Waals surface area contributed by atoms with Gasteiger partial charge in [0.2, 0.25) is 0 Å². The quantitative estimate of drug-likeness (QED) is 0.874. The average Bonchev–Trinajstić information content (AvgIpc) is 2.31. The smallest absolute Gasteiger partial charge is 0.150 e. The van der Waals surface area contributed by atoms with Gasteiger partial charge in [0.25, 0.3) is 0 Å². The fraction of sp³-hybridized carbons (Fsp3) is 0.636. The van der Waals surface area contributed by atoms with Gasteiger partial charge in [-0.05, 0) is 31.7 Å². The number of anilines is 1. The van der Waals surface area contributed by atoms with Gasteiger partial charge in [-0.2, -0.15) is 0 Å². The summed E-state index contributed by atoms with van der Waals surface area (Å²) in [6.45, 7) is 2.82. The van der Waals surface area contributed by atoms with Gasteiger partial charge in [0.05, 0.1) is 6.20 Å². The summed E-state index contributed by atoms with van der Waals surface area (Å²) < 4.78 is 0. The highest BCUT2D eigenvalue weighted by molar-refractivity contribution is 6.32. The summed E-state index contributed by atoms with van der Waals surface area (Å²) in [5.74, 6) is 1.63. The fourth-order valence-electron chi connectivity index (χ4n) is 2.21. The Morgan fingerprint density at radius 3 is 2.81 bits per heavy atom. The third kappa shape index (κ3) is 2.62. The van der Waals surface area contributed by atoms with Gasteiger partial charge in [0.15, 0.2) is 5.82 Å². The van der Waals surface area contributed by atoms with Crippen LogP contribution in [0.3, 0.4) is 0 Å². The molecule has 1 aromatic heterocycles. The zero-order valence-electron chi connectivity index (χ0n) is 9.27. The highest BCUT2D eigenvalue weighted by atomic mass is 35.5. The van der Waals surface area contributed by atoms with Crippen LogP contribution in [0, 0.1) is 5.92 Å². The molecule has 2 rings (SSSR count). The maximum atomic E-state index is 6.07. The molecule has 0 aliphatic carbocycles. The molecule has 0 saturated carbocycles. The Morgan fingerprint density at radius 1 is 1.44 bits per heavy atom. The molecule has 0 aromatic carbocycles. The zero-order valence-corrected chi connectivity index (χ0v) is 10.0. The van der Waals surface area contributed by atoms with Crippen LogP contribution in [0.2, 0.25) is 5.02 Å². The maximum absolute atomic E-state index is 6.07. The summed E-state index contributed by atoms with van der Waals surface area (Å²) in [5, 5.41) is 0.639. The molecule has 5 heteroatoms. The van der Waals surface area contributed by atoms with Crippen LogP contribution in [0.25, 0.3) is 0 Å². The summed E-state index contributed by atoms with van der Waals surface area (Å²) in [6.07, 6.45) is 6.68. The lowest BCUT2D eigenvalue weighted by Crippen LogP contribution is -2.35. The Balaban J connectivity index is 1.96. The molecule has 16 heavy (non-hydrogen) atoms. The second kappa shape index (κ2) is 5.46. The van der Waals surface area contributed by atoms with Gasteiger partial charge in [-0.1, -0.05) is 11.6 Å². The van der Waals surface area contributed by atoms with E-state index in [0.717, 1.165) is 37.8 Å². The van der Waals surface area contributed by atoms with Gasteiger partial charge in [-0.25, -0.2) is 9.97 Å². The first-order valence-electron chi connectivity index (χ1n) is 5.71. The number of rotatable bonds is 3. The van der Waals surface area contributed by atoms with Crippen molar-refractivity contribution < 1.29 is 0 Å². The molecule has 1 saturated heterocycles. The van der Waals surface area contributed by atoms with E-state index in [4.69, 9.17) is 17.3 Å². The standard InChI is InChI=1S/C11H17ClN4/c12-10-7-14-8-15-11(10)16-5-2-9(1-4-13)3-6-16/h7-9H,1-6,13H2. The second-order valence-electron chi connectivity index (χ2n) is 4.20. The van der Waals surface area contributed by atoms with Crippen molar-refractivity contribution in [2.24, 2.45) is 11.7 Å². The lowest BCUT2D eigenvalue weighted by molar-refractivity contribution is 0.385. The number of hydrogen-bond acceptors (Lipinski definition) is 4. The first-order valence-corrected chi connectivity index (χ1v) is 6.09. The van der Waals surface area contributed by atoms with Crippen LogP contribution in [0.5, 0.6) is 0 Å². The molecule has 4 nitrogen and oxygen atoms in total. The highest BCUT2D eigenvalue weighted by Gasteiger charge is 2.20. The summed E-state index contributed by atoms with van der Waals surface area (Å²) in [5.41, 5.74) is 5.57. The van der Waals surface area contributed by atoms with Crippen molar-refractivity contribution in [1.29, 1.82) is 0 Å². The SMILES string of the molecule is NCCC1CCN(c2ncncc2Cl)CC1. The van der Waals surface area contributed by atoms with Crippen molar-refractivity contribution in [3.8, 4) is 0 Å². The number of halogens is 1. The predicted molar refractivity (Wildman–Crippen MR) is 65.7 cm³/mol. The number of nitrogens with zero attached hydrogens (tertiary/aromatic N) is 3. The molecule has 0 amide bonds. The molecular weight excluding hydrogens is 224 g/mol. The Bertz CT molecular complexity index is 337. The minimum Gasteiger partial charge on any atom is -0.355 e. The van der Waals surface area contributed by atoms with E-state index in [1.807, 2.05) is 0 Å². The van der Waals surface area contributed by atoms with Crippen molar-refractivity contribution >= 4 is 17.4 Å². The predicted octanol–water partition coefficient (Wildman–Crippen LogP) is 1.70. The summed E-state index contributed by atoms with van der Waals surface area (Å²) in [6, 6.07) is 0. The number of aromatic nitrogens is 2. The van der Waals surface area contributed by atoms with Gasteiger partial charge in [-0.3, -0.25) is 0 Å². The minimum absolute atomic E-state index is 0.639. The molecular formula is C11H17ClN4. The van der Waals surface area contributed by atoms with Gasteiger partial charge in [-0.15, -0.1) is 0 Å². The summed E-state index contributed by atoms with van der Waals surface area (Å²) >= 11 is 6.07. The molecule has 1 aromatic rings. The molecule has 1 fully saturated rings. The van der Waals surface area contributed by atoms with E-state index in [0.29, 0.717) is 5.02 Å². The van der Waals surface area contributed by atoms with Crippen molar-refractivity contribution in [3.63, 3.8) is 0 Å². The zero-order chi connectivity index (χ0) is 11.4. The van der Waals surface area contributed by atoms with E-state index in [1.165, 1.54) is 12.8 Å². The van der Waals surface area contributed by atoms with E-state index >= 15 is 0 Å². The van der Waals surface area contributed by atoms with Crippen LogP contribution >= 0.6 is 11.6 Å². The van der Waals surface area contributed by atoms with E-state index in [2.05, 4.69) is 14.9 Å². The lowest BCUT2D eigenvalue weighted by Gasteiger charge is -2.32. The van der Waals surface area contributed by atoms with E-state index in [1.54, 1.807) is 12.5 Å². The average molecular weight is 241 g/mol. The third-order valence-electron chi connectivity index (χ3n) is 3.14. The van der Waals surface area contributed by atoms with Crippen LogP contribution in [0.4, 0.5) is 5.82 Å². The van der Waals surface area contributed by atoms with Gasteiger partial charge < -0.3 is 10.6 Å². The van der Waals surface area contributed by atoms with Gasteiger partial charge in [0.1, 0.15) is 11.3 Å². The van der Waals surface area contributed by atoms with Crippen LogP contribution in [-0.4, -0.2) is 29.6 Å². The topological polar surface area (TPSA) is 55.0 Å². The molecule has 2 N–H and O–H groups in total. The van der Waals surface area contributed by atoms with Crippen molar-refractivity contribution in [2.75, 3.05) is 24.5 Å². The molecule has 0 spiro atoms. The molecule has 1 aliphatic heterocycles. The van der Waals surface area contributed by atoms with Crippen LogP contribution in [0.1, 0.15) is 19.3 Å². The molecule has 2 heterocycles. The Hall–Kier alpha value is -0.870. The summed E-state index contributed by atoms with van der Waals surface area (Å²) in [7, 11) is 0.